The molecule has 0 aromatic rings. The molecular weight excluding hydrogens is 380 g/mol. The summed E-state index contributed by atoms with van der Waals surface area (Å²) in [4.78, 5) is 12.0. The first-order valence-corrected chi connectivity index (χ1v) is 13.1. The fourth-order valence-corrected chi connectivity index (χ4v) is 8.60. The van der Waals surface area contributed by atoms with Gasteiger partial charge in [-0.2, -0.15) is 0 Å². The van der Waals surface area contributed by atoms with Gasteiger partial charge in [-0.05, 0) is 111 Å². The molecule has 2 nitrogen and oxygen atoms in total. The average Bonchev–Trinajstić information content (AvgIpc) is 3.09. The van der Waals surface area contributed by atoms with E-state index in [0.717, 1.165) is 42.4 Å². The first kappa shape index (κ1) is 23.1. The Bertz CT molecular complexity index is 746. The van der Waals surface area contributed by atoms with Crippen LogP contribution < -0.4 is 0 Å². The van der Waals surface area contributed by atoms with Crippen molar-refractivity contribution in [3.63, 3.8) is 0 Å². The Labute approximate surface area is 191 Å². The Balaban J connectivity index is 1.43. The lowest BCUT2D eigenvalue weighted by atomic mass is 9.48. The van der Waals surface area contributed by atoms with E-state index in [1.54, 1.807) is 5.57 Å². The molecule has 174 valence electrons. The number of rotatable bonds is 6. The summed E-state index contributed by atoms with van der Waals surface area (Å²) >= 11 is 0. The second kappa shape index (κ2) is 8.38. The van der Waals surface area contributed by atoms with Crippen LogP contribution in [-0.4, -0.2) is 13.1 Å². The smallest absolute Gasteiger partial charge is 0.311 e. The molecule has 4 rings (SSSR count). The third kappa shape index (κ3) is 3.84. The van der Waals surface area contributed by atoms with Gasteiger partial charge in [0, 0.05) is 0 Å². The number of hydrogen-bond acceptors (Lipinski definition) is 2. The van der Waals surface area contributed by atoms with Crippen LogP contribution in [0.1, 0.15) is 98.8 Å². The molecule has 0 aromatic heterocycles. The zero-order valence-electron chi connectivity index (χ0n) is 21.0. The number of methoxy groups -OCH3 is 1. The minimum Gasteiger partial charge on any atom is -0.469 e. The van der Waals surface area contributed by atoms with Crippen molar-refractivity contribution >= 4 is 5.97 Å². The second-order valence-electron chi connectivity index (χ2n) is 12.6. The molecular formula is C29H46O2. The molecule has 2 heteroatoms. The highest BCUT2D eigenvalue weighted by Gasteiger charge is 2.58. The first-order chi connectivity index (χ1) is 14.6. The van der Waals surface area contributed by atoms with Gasteiger partial charge < -0.3 is 4.74 Å². The van der Waals surface area contributed by atoms with Crippen molar-refractivity contribution < 1.29 is 9.53 Å². The molecule has 0 N–H and O–H groups in total. The summed E-state index contributed by atoms with van der Waals surface area (Å²) in [6.07, 6.45) is 20.7. The van der Waals surface area contributed by atoms with Crippen molar-refractivity contribution in [3.05, 3.63) is 23.8 Å². The number of hydrogen-bond donors (Lipinski definition) is 0. The highest BCUT2D eigenvalue weighted by molar-refractivity contribution is 5.75. The Morgan fingerprint density at radius 2 is 1.97 bits per heavy atom. The van der Waals surface area contributed by atoms with E-state index in [4.69, 9.17) is 4.74 Å². The van der Waals surface area contributed by atoms with E-state index < -0.39 is 0 Å². The largest absolute Gasteiger partial charge is 0.469 e. The molecule has 0 aliphatic heterocycles. The minimum atomic E-state index is -0.359. The molecule has 0 spiro atoms. The summed E-state index contributed by atoms with van der Waals surface area (Å²) < 4.78 is 5.01. The molecule has 0 amide bonds. The topological polar surface area (TPSA) is 26.3 Å². The van der Waals surface area contributed by atoms with Crippen molar-refractivity contribution in [3.8, 4) is 0 Å². The summed E-state index contributed by atoms with van der Waals surface area (Å²) in [5.41, 5.74) is 2.22. The van der Waals surface area contributed by atoms with E-state index in [1.807, 2.05) is 13.8 Å². The SMILES string of the molecule is COC(=O)C(C)(C)CCC[C@@H](C)[C@H]1CC[C@H]2[C@@H]3C=CC4=CCCC[C@]4(C)[C@H]3CC[C@]12C. The molecule has 31 heavy (non-hydrogen) atoms. The van der Waals surface area contributed by atoms with Gasteiger partial charge in [0.15, 0.2) is 0 Å². The van der Waals surface area contributed by atoms with Gasteiger partial charge in [-0.15, -0.1) is 0 Å². The normalized spacial score (nSPS) is 40.4. The highest BCUT2D eigenvalue weighted by atomic mass is 16.5. The molecule has 2 fully saturated rings. The van der Waals surface area contributed by atoms with E-state index in [0.29, 0.717) is 10.8 Å². The number of carbonyl (C=O) groups is 1. The zero-order chi connectivity index (χ0) is 22.4. The molecule has 0 bridgehead atoms. The summed E-state index contributed by atoms with van der Waals surface area (Å²) in [6.45, 7) is 11.8. The van der Waals surface area contributed by atoms with Crippen LogP contribution in [0.5, 0.6) is 0 Å². The Morgan fingerprint density at radius 1 is 1.19 bits per heavy atom. The summed E-state index contributed by atoms with van der Waals surface area (Å²) in [5.74, 6) is 4.02. The molecule has 0 unspecified atom stereocenters. The predicted molar refractivity (Wildman–Crippen MR) is 129 cm³/mol. The molecule has 0 heterocycles. The van der Waals surface area contributed by atoms with Gasteiger partial charge in [0.2, 0.25) is 0 Å². The van der Waals surface area contributed by atoms with Crippen molar-refractivity contribution in [2.75, 3.05) is 7.11 Å². The van der Waals surface area contributed by atoms with Gasteiger partial charge in [-0.3, -0.25) is 4.79 Å². The van der Waals surface area contributed by atoms with E-state index in [9.17, 15) is 4.79 Å². The lowest BCUT2D eigenvalue weighted by molar-refractivity contribution is -0.151. The predicted octanol–water partition coefficient (Wildman–Crippen LogP) is 7.74. The van der Waals surface area contributed by atoms with Crippen molar-refractivity contribution in [1.29, 1.82) is 0 Å². The Hall–Kier alpha value is -1.05. The van der Waals surface area contributed by atoms with Gasteiger partial charge in [0.1, 0.15) is 0 Å². The van der Waals surface area contributed by atoms with E-state index in [-0.39, 0.29) is 11.4 Å². The second-order valence-corrected chi connectivity index (χ2v) is 12.6. The van der Waals surface area contributed by atoms with E-state index in [2.05, 4.69) is 39.0 Å². The number of carbonyl (C=O) groups excluding carboxylic acids is 1. The summed E-state index contributed by atoms with van der Waals surface area (Å²) in [7, 11) is 1.51. The Kier molecular flexibility index (Phi) is 6.25. The maximum Gasteiger partial charge on any atom is 0.311 e. The summed E-state index contributed by atoms with van der Waals surface area (Å²) in [6, 6.07) is 0. The van der Waals surface area contributed by atoms with Crippen LogP contribution in [0.15, 0.2) is 23.8 Å². The molecule has 0 aromatic carbocycles. The van der Waals surface area contributed by atoms with Gasteiger partial charge >= 0.3 is 5.97 Å². The van der Waals surface area contributed by atoms with Crippen molar-refractivity contribution in [1.82, 2.24) is 0 Å². The van der Waals surface area contributed by atoms with Crippen LogP contribution in [0, 0.1) is 45.8 Å². The lowest BCUT2D eigenvalue weighted by Crippen LogP contribution is -2.49. The molecule has 2 saturated carbocycles. The number of allylic oxidation sites excluding steroid dienone is 4. The molecule has 4 aliphatic rings. The molecule has 0 saturated heterocycles. The molecule has 0 radical (unpaired) electrons. The van der Waals surface area contributed by atoms with Crippen LogP contribution in [0.2, 0.25) is 0 Å². The van der Waals surface area contributed by atoms with Gasteiger partial charge in [0.25, 0.3) is 0 Å². The maximum absolute atomic E-state index is 12.0. The molecule has 4 aliphatic carbocycles. The summed E-state index contributed by atoms with van der Waals surface area (Å²) in [5, 5.41) is 0. The third-order valence-corrected chi connectivity index (χ3v) is 10.5. The fraction of sp³-hybridized carbons (Fsp3) is 0.828. The van der Waals surface area contributed by atoms with Crippen LogP contribution in [0.25, 0.3) is 0 Å². The maximum atomic E-state index is 12.0. The minimum absolute atomic E-state index is 0.0694. The van der Waals surface area contributed by atoms with E-state index >= 15 is 0 Å². The van der Waals surface area contributed by atoms with Crippen molar-refractivity contribution in [2.24, 2.45) is 45.8 Å². The van der Waals surface area contributed by atoms with Crippen LogP contribution in [0.3, 0.4) is 0 Å². The van der Waals surface area contributed by atoms with Crippen LogP contribution in [0.4, 0.5) is 0 Å². The van der Waals surface area contributed by atoms with Gasteiger partial charge in [0.05, 0.1) is 12.5 Å². The van der Waals surface area contributed by atoms with Crippen LogP contribution in [-0.2, 0) is 9.53 Å². The highest BCUT2D eigenvalue weighted by Crippen LogP contribution is 2.66. The first-order valence-electron chi connectivity index (χ1n) is 13.1. The zero-order valence-corrected chi connectivity index (χ0v) is 21.0. The van der Waals surface area contributed by atoms with Gasteiger partial charge in [-0.1, -0.05) is 51.8 Å². The Morgan fingerprint density at radius 3 is 2.71 bits per heavy atom. The van der Waals surface area contributed by atoms with Crippen molar-refractivity contribution in [2.45, 2.75) is 98.8 Å². The number of fused-ring (bicyclic) bond motifs is 5. The average molecular weight is 427 g/mol. The number of esters is 1. The van der Waals surface area contributed by atoms with Crippen LogP contribution >= 0.6 is 0 Å². The quantitative estimate of drug-likeness (QED) is 0.406. The van der Waals surface area contributed by atoms with E-state index in [1.165, 1.54) is 58.5 Å². The number of ether oxygens (including phenoxy) is 1. The standard InChI is InChI=1S/C29H46O2/c1-20(10-9-17-27(2,3)26(30)31-6)23-14-15-24-22-13-12-21-11-7-8-18-28(21,4)25(22)16-19-29(23,24)5/h11-13,20,22-25H,7-10,14-19H2,1-6H3/t20-,22+,23-,24+,25+,28+,29-/m1/s1. The van der Waals surface area contributed by atoms with Gasteiger partial charge in [-0.25, -0.2) is 0 Å². The lowest BCUT2D eigenvalue weighted by Gasteiger charge is -2.56. The third-order valence-electron chi connectivity index (χ3n) is 10.5. The molecule has 7 atom stereocenters. The monoisotopic (exact) mass is 426 g/mol. The fourth-order valence-electron chi connectivity index (χ4n) is 8.60.